The van der Waals surface area contributed by atoms with Crippen LogP contribution in [0.4, 0.5) is 5.69 Å². The van der Waals surface area contributed by atoms with Crippen LogP contribution in [0.3, 0.4) is 0 Å². The van der Waals surface area contributed by atoms with Crippen LogP contribution in [0.15, 0.2) is 23.1 Å². The number of anilines is 1. The van der Waals surface area contributed by atoms with Gasteiger partial charge in [-0.15, -0.1) is 0 Å². The van der Waals surface area contributed by atoms with Gasteiger partial charge in [0.2, 0.25) is 0 Å². The number of carboxylic acids is 1. The fourth-order valence-electron chi connectivity index (χ4n) is 1.37. The molecule has 0 saturated heterocycles. The molecule has 94 valence electrons. The molecule has 0 spiro atoms. The fraction of sp³-hybridized carbons (Fsp3) is 0.364. The first-order valence-electron chi connectivity index (χ1n) is 5.17. The molecule has 0 atom stereocenters. The van der Waals surface area contributed by atoms with Gasteiger partial charge in [-0.05, 0) is 24.6 Å². The third kappa shape index (κ3) is 3.45. The van der Waals surface area contributed by atoms with Crippen molar-refractivity contribution in [2.45, 2.75) is 18.2 Å². The first kappa shape index (κ1) is 13.5. The zero-order valence-corrected chi connectivity index (χ0v) is 10.5. The highest BCUT2D eigenvalue weighted by Gasteiger charge is 2.16. The predicted molar refractivity (Wildman–Crippen MR) is 65.3 cm³/mol. The Morgan fingerprint density at radius 1 is 1.41 bits per heavy atom. The summed E-state index contributed by atoms with van der Waals surface area (Å²) in [7, 11) is -3.45. The molecule has 6 heteroatoms. The topological polar surface area (TPSA) is 83.5 Å². The number of hydrogen-bond acceptors (Lipinski definition) is 4. The van der Waals surface area contributed by atoms with Crippen molar-refractivity contribution in [3.63, 3.8) is 0 Å². The van der Waals surface area contributed by atoms with Crippen LogP contribution < -0.4 is 5.32 Å². The molecule has 0 aliphatic rings. The highest BCUT2D eigenvalue weighted by molar-refractivity contribution is 7.90. The van der Waals surface area contributed by atoms with E-state index in [4.69, 9.17) is 5.11 Å². The van der Waals surface area contributed by atoms with Gasteiger partial charge in [-0.25, -0.2) is 13.2 Å². The minimum absolute atomic E-state index is 0.0193. The normalized spacial score (nSPS) is 11.2. The lowest BCUT2D eigenvalue weighted by atomic mass is 10.2. The van der Waals surface area contributed by atoms with E-state index in [0.717, 1.165) is 12.7 Å². The second kappa shape index (κ2) is 5.18. The molecule has 2 N–H and O–H groups in total. The van der Waals surface area contributed by atoms with E-state index in [0.29, 0.717) is 12.2 Å². The molecule has 0 unspecified atom stereocenters. The molecule has 1 aromatic carbocycles. The van der Waals surface area contributed by atoms with E-state index in [-0.39, 0.29) is 10.5 Å². The van der Waals surface area contributed by atoms with Crippen LogP contribution in [-0.4, -0.2) is 32.3 Å². The molecule has 0 fully saturated rings. The van der Waals surface area contributed by atoms with Crippen molar-refractivity contribution >= 4 is 21.5 Å². The molecule has 0 aromatic heterocycles. The van der Waals surface area contributed by atoms with Gasteiger partial charge >= 0.3 is 5.97 Å². The van der Waals surface area contributed by atoms with Gasteiger partial charge in [0.15, 0.2) is 9.84 Å². The molecule has 0 aliphatic heterocycles. The highest BCUT2D eigenvalue weighted by Crippen LogP contribution is 2.22. The van der Waals surface area contributed by atoms with E-state index in [1.54, 1.807) is 0 Å². The average molecular weight is 257 g/mol. The maximum absolute atomic E-state index is 11.6. The number of rotatable bonds is 5. The second-order valence-corrected chi connectivity index (χ2v) is 5.70. The van der Waals surface area contributed by atoms with Crippen molar-refractivity contribution in [1.29, 1.82) is 0 Å². The zero-order chi connectivity index (χ0) is 13.1. The average Bonchev–Trinajstić information content (AvgIpc) is 2.24. The number of nitrogens with one attached hydrogen (secondary N) is 1. The summed E-state index contributed by atoms with van der Waals surface area (Å²) in [5.41, 5.74) is 0.409. The van der Waals surface area contributed by atoms with Crippen molar-refractivity contribution in [1.82, 2.24) is 0 Å². The molecule has 0 aliphatic carbocycles. The zero-order valence-electron chi connectivity index (χ0n) is 9.73. The van der Waals surface area contributed by atoms with Gasteiger partial charge in [-0.1, -0.05) is 6.92 Å². The molecule has 17 heavy (non-hydrogen) atoms. The van der Waals surface area contributed by atoms with Gasteiger partial charge in [-0.2, -0.15) is 0 Å². The summed E-state index contributed by atoms with van der Waals surface area (Å²) >= 11 is 0. The van der Waals surface area contributed by atoms with Crippen molar-refractivity contribution in [2.24, 2.45) is 0 Å². The van der Waals surface area contributed by atoms with Crippen molar-refractivity contribution in [3.05, 3.63) is 23.8 Å². The fourth-order valence-corrected chi connectivity index (χ4v) is 2.25. The number of carbonyl (C=O) groups is 1. The predicted octanol–water partition coefficient (Wildman–Crippen LogP) is 1.61. The van der Waals surface area contributed by atoms with Crippen LogP contribution in [0.1, 0.15) is 23.7 Å². The number of aromatic carboxylic acids is 1. The Balaban J connectivity index is 3.27. The molecule has 5 nitrogen and oxygen atoms in total. The summed E-state index contributed by atoms with van der Waals surface area (Å²) in [5, 5.41) is 11.8. The Kier molecular flexibility index (Phi) is 4.11. The van der Waals surface area contributed by atoms with Gasteiger partial charge in [0.25, 0.3) is 0 Å². The quantitative estimate of drug-likeness (QED) is 0.837. The maximum atomic E-state index is 11.6. The molecule has 0 amide bonds. The van der Waals surface area contributed by atoms with Crippen LogP contribution in [-0.2, 0) is 9.84 Å². The van der Waals surface area contributed by atoms with E-state index in [9.17, 15) is 13.2 Å². The third-order valence-corrected chi connectivity index (χ3v) is 3.33. The SMILES string of the molecule is CCCNc1ccc(C(=O)O)cc1S(C)(=O)=O. The Labute approximate surface area is 100 Å². The van der Waals surface area contributed by atoms with E-state index in [1.807, 2.05) is 6.92 Å². The lowest BCUT2D eigenvalue weighted by molar-refractivity contribution is 0.0696. The Hall–Kier alpha value is -1.56. The maximum Gasteiger partial charge on any atom is 0.335 e. The monoisotopic (exact) mass is 257 g/mol. The number of benzene rings is 1. The smallest absolute Gasteiger partial charge is 0.335 e. The van der Waals surface area contributed by atoms with Gasteiger partial charge in [0.05, 0.1) is 16.1 Å². The summed E-state index contributed by atoms with van der Waals surface area (Å²) < 4.78 is 23.1. The highest BCUT2D eigenvalue weighted by atomic mass is 32.2. The van der Waals surface area contributed by atoms with Crippen LogP contribution in [0.25, 0.3) is 0 Å². The lowest BCUT2D eigenvalue weighted by Gasteiger charge is -2.10. The number of carboxylic acid groups (broad SMARTS) is 1. The minimum Gasteiger partial charge on any atom is -0.478 e. The largest absolute Gasteiger partial charge is 0.478 e. The third-order valence-electron chi connectivity index (χ3n) is 2.19. The molecular weight excluding hydrogens is 242 g/mol. The molecule has 0 bridgehead atoms. The molecule has 0 radical (unpaired) electrons. The van der Waals surface area contributed by atoms with Crippen LogP contribution in [0.5, 0.6) is 0 Å². The van der Waals surface area contributed by atoms with E-state index >= 15 is 0 Å². The molecule has 0 heterocycles. The molecular formula is C11H15NO4S. The van der Waals surface area contributed by atoms with Gasteiger partial charge < -0.3 is 10.4 Å². The Morgan fingerprint density at radius 2 is 2.06 bits per heavy atom. The van der Waals surface area contributed by atoms with E-state index in [2.05, 4.69) is 5.32 Å². The van der Waals surface area contributed by atoms with Gasteiger partial charge in [-0.3, -0.25) is 0 Å². The summed E-state index contributed by atoms with van der Waals surface area (Å²) in [6.07, 6.45) is 1.91. The minimum atomic E-state index is -3.45. The van der Waals surface area contributed by atoms with Crippen LogP contribution in [0, 0.1) is 0 Å². The number of sulfone groups is 1. The molecule has 1 aromatic rings. The molecule has 1 rings (SSSR count). The summed E-state index contributed by atoms with van der Waals surface area (Å²) in [4.78, 5) is 10.8. The van der Waals surface area contributed by atoms with E-state index in [1.165, 1.54) is 18.2 Å². The Bertz CT molecular complexity index is 522. The molecule has 0 saturated carbocycles. The van der Waals surface area contributed by atoms with Crippen LogP contribution >= 0.6 is 0 Å². The van der Waals surface area contributed by atoms with E-state index < -0.39 is 15.8 Å². The standard InChI is InChI=1S/C11H15NO4S/c1-3-6-12-9-5-4-8(11(13)14)7-10(9)17(2,15)16/h4-5,7,12H,3,6H2,1-2H3,(H,13,14). The summed E-state index contributed by atoms with van der Waals surface area (Å²) in [6, 6.07) is 4.04. The van der Waals surface area contributed by atoms with Crippen molar-refractivity contribution in [3.8, 4) is 0 Å². The van der Waals surface area contributed by atoms with Gasteiger partial charge in [0, 0.05) is 12.8 Å². The second-order valence-electron chi connectivity index (χ2n) is 3.72. The lowest BCUT2D eigenvalue weighted by Crippen LogP contribution is -2.08. The van der Waals surface area contributed by atoms with Gasteiger partial charge in [0.1, 0.15) is 0 Å². The first-order chi connectivity index (χ1) is 7.86. The summed E-state index contributed by atoms with van der Waals surface area (Å²) in [5.74, 6) is -1.14. The van der Waals surface area contributed by atoms with Crippen molar-refractivity contribution < 1.29 is 18.3 Å². The Morgan fingerprint density at radius 3 is 2.53 bits per heavy atom. The number of hydrogen-bond donors (Lipinski definition) is 2. The first-order valence-corrected chi connectivity index (χ1v) is 7.06. The van der Waals surface area contributed by atoms with Crippen molar-refractivity contribution in [2.75, 3.05) is 18.1 Å². The summed E-state index contributed by atoms with van der Waals surface area (Å²) in [6.45, 7) is 2.59. The van der Waals surface area contributed by atoms with Crippen LogP contribution in [0.2, 0.25) is 0 Å².